The largest absolute Gasteiger partial charge is 0.452 e. The van der Waals surface area contributed by atoms with Crippen molar-refractivity contribution in [1.29, 1.82) is 0 Å². The van der Waals surface area contributed by atoms with Crippen LogP contribution in [0.1, 0.15) is 23.5 Å². The second kappa shape index (κ2) is 5.83. The average Bonchev–Trinajstić information content (AvgIpc) is 3.09. The van der Waals surface area contributed by atoms with Gasteiger partial charge in [-0.2, -0.15) is 13.2 Å². The predicted octanol–water partition coefficient (Wildman–Crippen LogP) is 2.50. The maximum atomic E-state index is 12.6. The fourth-order valence-electron chi connectivity index (χ4n) is 2.32. The van der Waals surface area contributed by atoms with Crippen LogP contribution < -0.4 is 10.5 Å². The Morgan fingerprint density at radius 2 is 2.08 bits per heavy atom. The summed E-state index contributed by atoms with van der Waals surface area (Å²) in [5.74, 6) is -1.23. The molecule has 2 heterocycles. The molecule has 0 amide bonds. The number of halogens is 3. The van der Waals surface area contributed by atoms with E-state index < -0.39 is 22.0 Å². The summed E-state index contributed by atoms with van der Waals surface area (Å²) in [6.45, 7) is 1.58. The molecule has 6 nitrogen and oxygen atoms in total. The number of rotatable bonds is 4. The number of aryl methyl sites for hydroxylation is 1. The topological polar surface area (TPSA) is 98.2 Å². The number of aromatic nitrogens is 1. The molecule has 1 aliphatic carbocycles. The van der Waals surface area contributed by atoms with Gasteiger partial charge < -0.3 is 10.3 Å². The van der Waals surface area contributed by atoms with E-state index >= 15 is 0 Å². The SMILES string of the molecule is Cc1sc(-c2cc(C(F)(F)F)on2)cc1S(=O)(=O)N[C@@H]1CC[C@@H]1N. The standard InChI is InChI=1S/C13H14F3N3O3S2/c1-6-11(24(20,21)19-8-3-2-7(8)17)5-10(23-6)9-4-12(22-18-9)13(14,15)16/h4-5,7-8,19H,2-3,17H2,1H3/t7-,8+/m0/s1. The maximum absolute atomic E-state index is 12.6. The van der Waals surface area contributed by atoms with E-state index in [1.54, 1.807) is 6.92 Å². The first-order valence-electron chi connectivity index (χ1n) is 7.00. The lowest BCUT2D eigenvalue weighted by atomic mass is 9.88. The minimum Gasteiger partial charge on any atom is -0.351 e. The Morgan fingerprint density at radius 3 is 2.58 bits per heavy atom. The van der Waals surface area contributed by atoms with Crippen molar-refractivity contribution in [1.82, 2.24) is 9.88 Å². The van der Waals surface area contributed by atoms with Crippen LogP contribution in [0.4, 0.5) is 13.2 Å². The van der Waals surface area contributed by atoms with E-state index in [1.807, 2.05) is 0 Å². The average molecular weight is 381 g/mol. The van der Waals surface area contributed by atoms with E-state index in [0.717, 1.165) is 23.8 Å². The first-order valence-corrected chi connectivity index (χ1v) is 9.30. The van der Waals surface area contributed by atoms with Gasteiger partial charge >= 0.3 is 6.18 Å². The number of hydrogen-bond donors (Lipinski definition) is 2. The monoisotopic (exact) mass is 381 g/mol. The van der Waals surface area contributed by atoms with Gasteiger partial charge in [0.05, 0.1) is 9.77 Å². The molecule has 0 unspecified atom stereocenters. The molecule has 1 fully saturated rings. The van der Waals surface area contributed by atoms with Crippen molar-refractivity contribution in [3.8, 4) is 10.6 Å². The number of hydrogen-bond acceptors (Lipinski definition) is 6. The summed E-state index contributed by atoms with van der Waals surface area (Å²) in [7, 11) is -3.79. The van der Waals surface area contributed by atoms with E-state index in [2.05, 4.69) is 14.4 Å². The number of nitrogens with zero attached hydrogens (tertiary/aromatic N) is 1. The highest BCUT2D eigenvalue weighted by molar-refractivity contribution is 7.89. The highest BCUT2D eigenvalue weighted by atomic mass is 32.2. The zero-order valence-corrected chi connectivity index (χ0v) is 14.1. The summed E-state index contributed by atoms with van der Waals surface area (Å²) >= 11 is 1.03. The molecular formula is C13H14F3N3O3S2. The van der Waals surface area contributed by atoms with Crippen LogP contribution in [0.25, 0.3) is 10.6 Å². The molecule has 2 aromatic rings. The Bertz CT molecular complexity index is 857. The third-order valence-electron chi connectivity index (χ3n) is 3.84. The highest BCUT2D eigenvalue weighted by Crippen LogP contribution is 2.37. The van der Waals surface area contributed by atoms with Crippen molar-refractivity contribution in [2.45, 2.75) is 42.9 Å². The van der Waals surface area contributed by atoms with Crippen LogP contribution in [-0.4, -0.2) is 25.7 Å². The molecule has 0 saturated heterocycles. The van der Waals surface area contributed by atoms with Crippen LogP contribution >= 0.6 is 11.3 Å². The molecule has 24 heavy (non-hydrogen) atoms. The van der Waals surface area contributed by atoms with Gasteiger partial charge in [-0.15, -0.1) is 11.3 Å². The van der Waals surface area contributed by atoms with E-state index in [1.165, 1.54) is 6.07 Å². The lowest BCUT2D eigenvalue weighted by molar-refractivity contribution is -0.155. The van der Waals surface area contributed by atoms with Crippen molar-refractivity contribution in [3.05, 3.63) is 22.8 Å². The molecule has 1 saturated carbocycles. The summed E-state index contributed by atoms with van der Waals surface area (Å²) in [6.07, 6.45) is -3.23. The van der Waals surface area contributed by atoms with E-state index in [-0.39, 0.29) is 27.6 Å². The Hall–Kier alpha value is -1.43. The summed E-state index contributed by atoms with van der Waals surface area (Å²) < 4.78 is 69.4. The zero-order valence-electron chi connectivity index (χ0n) is 12.4. The molecular weight excluding hydrogens is 367 g/mol. The van der Waals surface area contributed by atoms with Gasteiger partial charge in [-0.05, 0) is 25.8 Å². The summed E-state index contributed by atoms with van der Waals surface area (Å²) in [4.78, 5) is 0.741. The minimum absolute atomic E-state index is 0.0122. The van der Waals surface area contributed by atoms with Crippen LogP contribution in [0.15, 0.2) is 21.6 Å². The van der Waals surface area contributed by atoms with Crippen LogP contribution in [-0.2, 0) is 16.2 Å². The second-order valence-electron chi connectivity index (χ2n) is 5.57. The fraction of sp³-hybridized carbons (Fsp3) is 0.462. The third-order valence-corrected chi connectivity index (χ3v) is 6.66. The van der Waals surface area contributed by atoms with Gasteiger partial charge in [0.1, 0.15) is 5.69 Å². The lowest BCUT2D eigenvalue weighted by Gasteiger charge is -2.33. The van der Waals surface area contributed by atoms with E-state index in [0.29, 0.717) is 11.3 Å². The quantitative estimate of drug-likeness (QED) is 0.848. The van der Waals surface area contributed by atoms with Crippen molar-refractivity contribution >= 4 is 21.4 Å². The third kappa shape index (κ3) is 3.21. The predicted molar refractivity (Wildman–Crippen MR) is 80.9 cm³/mol. The van der Waals surface area contributed by atoms with Crippen LogP contribution in [0.5, 0.6) is 0 Å². The van der Waals surface area contributed by atoms with Gasteiger partial charge in [-0.25, -0.2) is 13.1 Å². The summed E-state index contributed by atoms with van der Waals surface area (Å²) in [6, 6.07) is 1.51. The van der Waals surface area contributed by atoms with Crippen LogP contribution in [0.2, 0.25) is 0 Å². The van der Waals surface area contributed by atoms with Crippen molar-refractivity contribution in [3.63, 3.8) is 0 Å². The molecule has 0 spiro atoms. The molecule has 2 atom stereocenters. The molecule has 132 valence electrons. The van der Waals surface area contributed by atoms with Gasteiger partial charge in [0.2, 0.25) is 15.8 Å². The lowest BCUT2D eigenvalue weighted by Crippen LogP contribution is -2.54. The Labute approximate surface area is 139 Å². The first kappa shape index (κ1) is 17.4. The number of alkyl halides is 3. The zero-order chi connectivity index (χ0) is 17.7. The Morgan fingerprint density at radius 1 is 1.38 bits per heavy atom. The van der Waals surface area contributed by atoms with Crippen molar-refractivity contribution < 1.29 is 26.1 Å². The molecule has 2 aromatic heterocycles. The maximum Gasteiger partial charge on any atom is 0.452 e. The van der Waals surface area contributed by atoms with Crippen molar-refractivity contribution in [2.24, 2.45) is 5.73 Å². The normalized spacial score (nSPS) is 21.7. The number of sulfonamides is 1. The van der Waals surface area contributed by atoms with Gasteiger partial charge in [-0.1, -0.05) is 5.16 Å². The summed E-state index contributed by atoms with van der Waals surface area (Å²) in [5.41, 5.74) is 5.67. The number of thiophene rings is 1. The molecule has 1 aliphatic rings. The van der Waals surface area contributed by atoms with E-state index in [9.17, 15) is 21.6 Å². The van der Waals surface area contributed by atoms with Gasteiger partial charge in [0.25, 0.3) is 0 Å². The highest BCUT2D eigenvalue weighted by Gasteiger charge is 2.37. The molecule has 3 rings (SSSR count). The molecule has 11 heteroatoms. The molecule has 3 N–H and O–H groups in total. The van der Waals surface area contributed by atoms with E-state index in [4.69, 9.17) is 5.73 Å². The molecule has 0 aromatic carbocycles. The smallest absolute Gasteiger partial charge is 0.351 e. The second-order valence-corrected chi connectivity index (χ2v) is 8.51. The Kier molecular flexibility index (Phi) is 4.22. The van der Waals surface area contributed by atoms with Gasteiger partial charge in [-0.3, -0.25) is 0 Å². The van der Waals surface area contributed by atoms with Gasteiger partial charge in [0, 0.05) is 23.0 Å². The van der Waals surface area contributed by atoms with Crippen LogP contribution in [0.3, 0.4) is 0 Å². The summed E-state index contributed by atoms with van der Waals surface area (Å²) in [5, 5.41) is 3.37. The minimum atomic E-state index is -4.64. The Balaban J connectivity index is 1.88. The first-order chi connectivity index (χ1) is 11.1. The fourth-order valence-corrected chi connectivity index (χ4v) is 5.18. The van der Waals surface area contributed by atoms with Crippen molar-refractivity contribution in [2.75, 3.05) is 0 Å². The molecule has 0 aliphatic heterocycles. The van der Waals surface area contributed by atoms with Gasteiger partial charge in [0.15, 0.2) is 0 Å². The molecule has 0 radical (unpaired) electrons. The van der Waals surface area contributed by atoms with Crippen LogP contribution in [0, 0.1) is 6.92 Å². The number of nitrogens with two attached hydrogens (primary N) is 1. The number of nitrogens with one attached hydrogen (secondary N) is 1. The molecule has 0 bridgehead atoms.